The van der Waals surface area contributed by atoms with Crippen LogP contribution in [0.15, 0.2) is 12.1 Å². The predicted octanol–water partition coefficient (Wildman–Crippen LogP) is 3.02. The summed E-state index contributed by atoms with van der Waals surface area (Å²) in [5.41, 5.74) is -0.792. The maximum atomic E-state index is 13.8. The number of rotatable bonds is 4. The molecule has 0 radical (unpaired) electrons. The largest absolute Gasteiger partial charge is 0.374 e. The third-order valence-corrected chi connectivity index (χ3v) is 4.07. The molecule has 1 aliphatic rings. The Bertz CT molecular complexity index is 531. The number of hydrogen-bond acceptors (Lipinski definition) is 4. The summed E-state index contributed by atoms with van der Waals surface area (Å²) in [5.74, 6) is -1.57. The van der Waals surface area contributed by atoms with Crippen molar-refractivity contribution in [3.8, 4) is 0 Å². The Morgan fingerprint density at radius 3 is 2.57 bits per heavy atom. The van der Waals surface area contributed by atoms with Gasteiger partial charge in [0.05, 0.1) is 11.0 Å². The lowest BCUT2D eigenvalue weighted by Gasteiger charge is -2.33. The lowest BCUT2D eigenvalue weighted by molar-refractivity contribution is -0.384. The number of nitro groups is 1. The molecule has 1 saturated heterocycles. The SMILES string of the molecule is CC(Nc1c(F)cc(F)cc1[N+](=O)[O-])C1CCN(C)CC1. The first-order valence-electron chi connectivity index (χ1n) is 6.97. The van der Waals surface area contributed by atoms with Crippen molar-refractivity contribution in [3.63, 3.8) is 0 Å². The second kappa shape index (κ2) is 6.34. The van der Waals surface area contributed by atoms with Crippen molar-refractivity contribution in [1.29, 1.82) is 0 Å². The van der Waals surface area contributed by atoms with E-state index in [9.17, 15) is 18.9 Å². The van der Waals surface area contributed by atoms with Crippen molar-refractivity contribution in [1.82, 2.24) is 4.90 Å². The highest BCUT2D eigenvalue weighted by atomic mass is 19.1. The Morgan fingerprint density at radius 1 is 1.38 bits per heavy atom. The normalized spacial score (nSPS) is 18.5. The smallest absolute Gasteiger partial charge is 0.298 e. The average molecular weight is 299 g/mol. The van der Waals surface area contributed by atoms with Gasteiger partial charge in [0.15, 0.2) is 5.82 Å². The van der Waals surface area contributed by atoms with Gasteiger partial charge in [-0.2, -0.15) is 0 Å². The van der Waals surface area contributed by atoms with Crippen LogP contribution in [-0.2, 0) is 0 Å². The van der Waals surface area contributed by atoms with Crippen LogP contribution in [0.1, 0.15) is 19.8 Å². The Hall–Kier alpha value is -1.76. The number of likely N-dealkylation sites (tertiary alicyclic amines) is 1. The molecule has 116 valence electrons. The van der Waals surface area contributed by atoms with E-state index in [1.54, 1.807) is 0 Å². The molecule has 1 heterocycles. The summed E-state index contributed by atoms with van der Waals surface area (Å²) in [4.78, 5) is 12.4. The number of nitrogens with one attached hydrogen (secondary N) is 1. The first kappa shape index (κ1) is 15.6. The zero-order chi connectivity index (χ0) is 15.6. The van der Waals surface area contributed by atoms with Crippen LogP contribution in [0, 0.1) is 27.7 Å². The molecule has 2 rings (SSSR count). The quantitative estimate of drug-likeness (QED) is 0.686. The maximum absolute atomic E-state index is 13.8. The highest BCUT2D eigenvalue weighted by Crippen LogP contribution is 2.31. The highest BCUT2D eigenvalue weighted by molar-refractivity contribution is 5.63. The summed E-state index contributed by atoms with van der Waals surface area (Å²) in [7, 11) is 2.04. The lowest BCUT2D eigenvalue weighted by atomic mass is 9.90. The number of anilines is 1. The Labute approximate surface area is 122 Å². The average Bonchev–Trinajstić information content (AvgIpc) is 2.41. The predicted molar refractivity (Wildman–Crippen MR) is 76.3 cm³/mol. The molecule has 1 aromatic carbocycles. The molecule has 1 fully saturated rings. The fourth-order valence-electron chi connectivity index (χ4n) is 2.72. The van der Waals surface area contributed by atoms with Gasteiger partial charge < -0.3 is 10.2 Å². The second-order valence-electron chi connectivity index (χ2n) is 5.61. The molecule has 0 spiro atoms. The van der Waals surface area contributed by atoms with E-state index < -0.39 is 22.2 Å². The van der Waals surface area contributed by atoms with Gasteiger partial charge in [-0.3, -0.25) is 10.1 Å². The molecule has 1 atom stereocenters. The second-order valence-corrected chi connectivity index (χ2v) is 5.61. The topological polar surface area (TPSA) is 58.4 Å². The molecule has 1 unspecified atom stereocenters. The molecule has 1 aliphatic heterocycles. The van der Waals surface area contributed by atoms with Crippen LogP contribution in [0.5, 0.6) is 0 Å². The van der Waals surface area contributed by atoms with Crippen LogP contribution in [0.4, 0.5) is 20.2 Å². The van der Waals surface area contributed by atoms with Crippen LogP contribution in [0.25, 0.3) is 0 Å². The van der Waals surface area contributed by atoms with E-state index in [2.05, 4.69) is 10.2 Å². The molecule has 5 nitrogen and oxygen atoms in total. The summed E-state index contributed by atoms with van der Waals surface area (Å²) in [5, 5.41) is 13.8. The first-order valence-corrected chi connectivity index (χ1v) is 6.97. The van der Waals surface area contributed by atoms with Gasteiger partial charge in [0.1, 0.15) is 11.5 Å². The monoisotopic (exact) mass is 299 g/mol. The van der Waals surface area contributed by atoms with Gasteiger partial charge in [0.2, 0.25) is 0 Å². The summed E-state index contributed by atoms with van der Waals surface area (Å²) in [6.45, 7) is 3.78. The number of halogens is 2. The van der Waals surface area contributed by atoms with E-state index in [1.807, 2.05) is 14.0 Å². The van der Waals surface area contributed by atoms with Gasteiger partial charge in [0, 0.05) is 12.1 Å². The van der Waals surface area contributed by atoms with Crippen molar-refractivity contribution in [2.45, 2.75) is 25.8 Å². The Kier molecular flexibility index (Phi) is 4.72. The van der Waals surface area contributed by atoms with E-state index in [4.69, 9.17) is 0 Å². The Balaban J connectivity index is 2.17. The molecule has 1 aromatic rings. The summed E-state index contributed by atoms with van der Waals surface area (Å²) in [6.07, 6.45) is 1.89. The van der Waals surface area contributed by atoms with Crippen molar-refractivity contribution >= 4 is 11.4 Å². The molecule has 1 N–H and O–H groups in total. The fraction of sp³-hybridized carbons (Fsp3) is 0.571. The maximum Gasteiger partial charge on any atom is 0.298 e. The van der Waals surface area contributed by atoms with Crippen LogP contribution in [0.3, 0.4) is 0 Å². The minimum absolute atomic E-state index is 0.114. The van der Waals surface area contributed by atoms with E-state index in [0.717, 1.165) is 32.0 Å². The molecular formula is C14H19F2N3O2. The standard InChI is InChI=1S/C14H19F2N3O2/c1-9(10-3-5-18(2)6-4-10)17-14-12(16)7-11(15)8-13(14)19(20)21/h7-10,17H,3-6H2,1-2H3. The molecule has 21 heavy (non-hydrogen) atoms. The zero-order valence-electron chi connectivity index (χ0n) is 12.1. The van der Waals surface area contributed by atoms with Crippen molar-refractivity contribution in [2.24, 2.45) is 5.92 Å². The zero-order valence-corrected chi connectivity index (χ0v) is 12.1. The Morgan fingerprint density at radius 2 is 2.00 bits per heavy atom. The molecule has 0 amide bonds. The van der Waals surface area contributed by atoms with E-state index in [0.29, 0.717) is 12.0 Å². The van der Waals surface area contributed by atoms with Gasteiger partial charge in [0.25, 0.3) is 5.69 Å². The lowest BCUT2D eigenvalue weighted by Crippen LogP contribution is -2.37. The highest BCUT2D eigenvalue weighted by Gasteiger charge is 2.26. The van der Waals surface area contributed by atoms with E-state index in [1.165, 1.54) is 0 Å². The van der Waals surface area contributed by atoms with Gasteiger partial charge >= 0.3 is 0 Å². The van der Waals surface area contributed by atoms with Crippen molar-refractivity contribution < 1.29 is 13.7 Å². The van der Waals surface area contributed by atoms with Crippen LogP contribution in [-0.4, -0.2) is 36.0 Å². The number of benzene rings is 1. The molecular weight excluding hydrogens is 280 g/mol. The summed E-state index contributed by atoms with van der Waals surface area (Å²) >= 11 is 0. The first-order chi connectivity index (χ1) is 9.88. The van der Waals surface area contributed by atoms with Crippen molar-refractivity contribution in [3.05, 3.63) is 33.9 Å². The number of nitro benzene ring substituents is 1. The molecule has 0 bridgehead atoms. The summed E-state index contributed by atoms with van der Waals surface area (Å²) in [6, 6.07) is 1.29. The van der Waals surface area contributed by atoms with Crippen LogP contribution < -0.4 is 5.32 Å². The van der Waals surface area contributed by atoms with Crippen LogP contribution in [0.2, 0.25) is 0 Å². The van der Waals surface area contributed by atoms with Crippen molar-refractivity contribution in [2.75, 3.05) is 25.5 Å². The van der Waals surface area contributed by atoms with E-state index in [-0.39, 0.29) is 11.7 Å². The minimum atomic E-state index is -0.948. The fourth-order valence-corrected chi connectivity index (χ4v) is 2.72. The van der Waals surface area contributed by atoms with Crippen LogP contribution >= 0.6 is 0 Å². The number of nitrogens with zero attached hydrogens (tertiary/aromatic N) is 2. The van der Waals surface area contributed by atoms with Gasteiger partial charge in [-0.05, 0) is 45.8 Å². The summed E-state index contributed by atoms with van der Waals surface area (Å²) < 4.78 is 27.0. The molecule has 0 aromatic heterocycles. The molecule has 0 aliphatic carbocycles. The molecule has 7 heteroatoms. The third-order valence-electron chi connectivity index (χ3n) is 4.07. The number of piperidine rings is 1. The van der Waals surface area contributed by atoms with Gasteiger partial charge in [-0.15, -0.1) is 0 Å². The van der Waals surface area contributed by atoms with E-state index >= 15 is 0 Å². The minimum Gasteiger partial charge on any atom is -0.374 e. The molecule has 0 saturated carbocycles. The van der Waals surface area contributed by atoms with Gasteiger partial charge in [-0.25, -0.2) is 8.78 Å². The third kappa shape index (κ3) is 3.66. The number of hydrogen-bond donors (Lipinski definition) is 1. The van der Waals surface area contributed by atoms with Gasteiger partial charge in [-0.1, -0.05) is 0 Å².